The van der Waals surface area contributed by atoms with Gasteiger partial charge in [-0.05, 0) is 30.2 Å². The fourth-order valence-electron chi connectivity index (χ4n) is 2.12. The average Bonchev–Trinajstić information content (AvgIpc) is 2.61. The zero-order valence-corrected chi connectivity index (χ0v) is 13.4. The summed E-state index contributed by atoms with van der Waals surface area (Å²) >= 11 is 0. The van der Waals surface area contributed by atoms with E-state index >= 15 is 0 Å². The number of nitrogens with one attached hydrogen (secondary N) is 1. The third-order valence-electron chi connectivity index (χ3n) is 3.34. The molecule has 1 aromatic heterocycles. The number of hydrogen-bond acceptors (Lipinski definition) is 4. The third-order valence-corrected chi connectivity index (χ3v) is 3.34. The Morgan fingerprint density at radius 2 is 1.81 bits per heavy atom. The van der Waals surface area contributed by atoms with Crippen LogP contribution >= 0.6 is 0 Å². The van der Waals surface area contributed by atoms with Gasteiger partial charge in [0, 0.05) is 18.0 Å². The highest BCUT2D eigenvalue weighted by atomic mass is 19.4. The van der Waals surface area contributed by atoms with Crippen LogP contribution in [0, 0.1) is 5.92 Å². The van der Waals surface area contributed by atoms with Crippen LogP contribution in [0.15, 0.2) is 53.7 Å². The molecule has 0 saturated carbocycles. The first-order valence-electron chi connectivity index (χ1n) is 7.48. The number of carbonyl (C=O) groups is 2. The lowest BCUT2D eigenvalue weighted by Gasteiger charge is -2.13. The van der Waals surface area contributed by atoms with Crippen molar-refractivity contribution in [2.24, 2.45) is 16.6 Å². The van der Waals surface area contributed by atoms with E-state index in [2.05, 4.69) is 9.98 Å². The number of benzene rings is 1. The first-order valence-corrected chi connectivity index (χ1v) is 7.48. The largest absolute Gasteiger partial charge is 0.484 e. The summed E-state index contributed by atoms with van der Waals surface area (Å²) in [5.41, 5.74) is 6.14. The molecule has 1 aromatic carbocycles. The fraction of sp³-hybridized carbons (Fsp3) is 0.176. The molecular weight excluding hydrogens is 349 g/mol. The van der Waals surface area contributed by atoms with Crippen LogP contribution in [-0.2, 0) is 11.2 Å². The molecule has 0 spiro atoms. The second-order valence-electron chi connectivity index (χ2n) is 5.30. The Kier molecular flexibility index (Phi) is 6.05. The van der Waals surface area contributed by atoms with Gasteiger partial charge in [-0.25, -0.2) is 9.98 Å². The van der Waals surface area contributed by atoms with Crippen LogP contribution in [0.4, 0.5) is 19.0 Å². The number of fused-ring (bicyclic) bond motifs is 1. The van der Waals surface area contributed by atoms with Gasteiger partial charge >= 0.3 is 6.30 Å². The van der Waals surface area contributed by atoms with E-state index in [-0.39, 0.29) is 17.4 Å². The van der Waals surface area contributed by atoms with E-state index in [1.165, 1.54) is 24.3 Å². The van der Waals surface area contributed by atoms with Gasteiger partial charge < -0.3 is 5.73 Å². The Hall–Kier alpha value is -3.23. The molecule has 1 unspecified atom stereocenters. The van der Waals surface area contributed by atoms with Crippen molar-refractivity contribution in [1.82, 2.24) is 10.3 Å². The predicted molar refractivity (Wildman–Crippen MR) is 88.7 cm³/mol. The van der Waals surface area contributed by atoms with E-state index in [4.69, 9.17) is 5.73 Å². The molecule has 3 rings (SSSR count). The highest BCUT2D eigenvalue weighted by molar-refractivity contribution is 5.94. The molecule has 0 bridgehead atoms. The van der Waals surface area contributed by atoms with E-state index in [1.54, 1.807) is 18.5 Å². The minimum atomic E-state index is -4.67. The molecule has 1 atom stereocenters. The molecule has 1 aliphatic rings. The summed E-state index contributed by atoms with van der Waals surface area (Å²) in [6.07, 6.45) is -0.812. The van der Waals surface area contributed by atoms with Crippen molar-refractivity contribution in [2.45, 2.75) is 12.7 Å². The molecule has 6 nitrogen and oxygen atoms in total. The van der Waals surface area contributed by atoms with E-state index in [1.807, 2.05) is 12.1 Å². The van der Waals surface area contributed by atoms with Gasteiger partial charge in [0.05, 0.1) is 5.92 Å². The minimum Gasteiger partial charge on any atom is -0.369 e. The number of halogens is 3. The van der Waals surface area contributed by atoms with E-state index < -0.39 is 12.2 Å². The maximum Gasteiger partial charge on any atom is 0.484 e. The second-order valence-corrected chi connectivity index (χ2v) is 5.30. The van der Waals surface area contributed by atoms with Gasteiger partial charge in [-0.2, -0.15) is 13.2 Å². The third kappa shape index (κ3) is 5.69. The summed E-state index contributed by atoms with van der Waals surface area (Å²) in [5, 5.41) is 0.896. The number of pyridine rings is 1. The number of carbonyl (C=O) groups excluding carboxylic acids is 2. The van der Waals surface area contributed by atoms with Crippen molar-refractivity contribution < 1.29 is 22.8 Å². The quantitative estimate of drug-likeness (QED) is 0.801. The number of amides is 2. The summed E-state index contributed by atoms with van der Waals surface area (Å²) in [5.74, 6) is -1.07. The van der Waals surface area contributed by atoms with Gasteiger partial charge in [0.2, 0.25) is 5.91 Å². The van der Waals surface area contributed by atoms with Crippen molar-refractivity contribution in [2.75, 3.05) is 0 Å². The Labute approximate surface area is 147 Å². The van der Waals surface area contributed by atoms with E-state index in [0.717, 1.165) is 10.9 Å². The first kappa shape index (κ1) is 19.1. The van der Waals surface area contributed by atoms with Crippen molar-refractivity contribution in [3.05, 3.63) is 59.8 Å². The Balaban J connectivity index is 0.000000187. The van der Waals surface area contributed by atoms with Crippen LogP contribution < -0.4 is 11.1 Å². The summed E-state index contributed by atoms with van der Waals surface area (Å²) in [6, 6.07) is 11.0. The number of hydrogen-bond donors (Lipinski definition) is 2. The molecule has 1 aliphatic heterocycles. The first-order chi connectivity index (χ1) is 12.3. The molecule has 3 N–H and O–H groups in total. The SMILES string of the molecule is NC(=O)C1C=Nc2ncccc2C1.O=C(NC(F)(F)F)c1ccccc1. The molecule has 2 amide bonds. The summed E-state index contributed by atoms with van der Waals surface area (Å²) in [7, 11) is 0. The van der Waals surface area contributed by atoms with Gasteiger partial charge in [-0.1, -0.05) is 24.3 Å². The molecule has 2 aromatic rings. The van der Waals surface area contributed by atoms with Crippen LogP contribution in [0.25, 0.3) is 0 Å². The van der Waals surface area contributed by atoms with Crippen molar-refractivity contribution in [3.8, 4) is 0 Å². The van der Waals surface area contributed by atoms with Gasteiger partial charge in [-0.15, -0.1) is 0 Å². The number of rotatable bonds is 2. The second kappa shape index (κ2) is 8.24. The van der Waals surface area contributed by atoms with Crippen LogP contribution in [0.3, 0.4) is 0 Å². The zero-order chi connectivity index (χ0) is 19.2. The lowest BCUT2D eigenvalue weighted by atomic mass is 9.98. The number of aliphatic imine (C=N–C) groups is 1. The topological polar surface area (TPSA) is 97.4 Å². The lowest BCUT2D eigenvalue weighted by Crippen LogP contribution is -2.37. The average molecular weight is 364 g/mol. The molecule has 0 saturated heterocycles. The predicted octanol–water partition coefficient (Wildman–Crippen LogP) is 2.38. The van der Waals surface area contributed by atoms with Gasteiger partial charge in [-0.3, -0.25) is 14.9 Å². The van der Waals surface area contributed by atoms with Crippen LogP contribution in [0.2, 0.25) is 0 Å². The zero-order valence-electron chi connectivity index (χ0n) is 13.4. The highest BCUT2D eigenvalue weighted by Gasteiger charge is 2.30. The van der Waals surface area contributed by atoms with E-state index in [0.29, 0.717) is 12.2 Å². The van der Waals surface area contributed by atoms with Crippen LogP contribution in [-0.4, -0.2) is 29.3 Å². The Bertz CT molecular complexity index is 807. The standard InChI is InChI=1S/C9H9N3O.C8H6F3NO/c10-8(13)7-4-6-2-1-3-11-9(6)12-5-7;9-8(10,11)12-7(13)6-4-2-1-3-5-6/h1-3,5,7H,4H2,(H2,10,13);1-5H,(H,12,13). The number of primary amides is 1. The summed E-state index contributed by atoms with van der Waals surface area (Å²) < 4.78 is 35.0. The normalized spacial score (nSPS) is 15.3. The van der Waals surface area contributed by atoms with Gasteiger partial charge in [0.25, 0.3) is 5.91 Å². The molecule has 0 fully saturated rings. The smallest absolute Gasteiger partial charge is 0.369 e. The minimum absolute atomic E-state index is 0.0141. The van der Waals surface area contributed by atoms with Crippen molar-refractivity contribution in [3.63, 3.8) is 0 Å². The summed E-state index contributed by atoms with van der Waals surface area (Å²) in [4.78, 5) is 29.8. The van der Waals surface area contributed by atoms with Crippen LogP contribution in [0.1, 0.15) is 15.9 Å². The Morgan fingerprint density at radius 3 is 2.42 bits per heavy atom. The molecule has 26 heavy (non-hydrogen) atoms. The monoisotopic (exact) mass is 364 g/mol. The summed E-state index contributed by atoms with van der Waals surface area (Å²) in [6.45, 7) is 0. The van der Waals surface area contributed by atoms with Crippen molar-refractivity contribution >= 4 is 23.8 Å². The van der Waals surface area contributed by atoms with Crippen LogP contribution in [0.5, 0.6) is 0 Å². The van der Waals surface area contributed by atoms with Gasteiger partial charge in [0.1, 0.15) is 0 Å². The maximum absolute atomic E-state index is 11.7. The molecule has 0 radical (unpaired) electrons. The molecule has 9 heteroatoms. The highest BCUT2D eigenvalue weighted by Crippen LogP contribution is 2.22. The number of alkyl halides is 3. The molecule has 0 aliphatic carbocycles. The fourth-order valence-corrected chi connectivity index (χ4v) is 2.12. The molecule has 136 valence electrons. The number of nitrogens with two attached hydrogens (primary N) is 1. The lowest BCUT2D eigenvalue weighted by molar-refractivity contribution is -0.146. The van der Waals surface area contributed by atoms with Gasteiger partial charge in [0.15, 0.2) is 5.82 Å². The number of nitrogens with zero attached hydrogens (tertiary/aromatic N) is 2. The van der Waals surface area contributed by atoms with Crippen molar-refractivity contribution in [1.29, 1.82) is 0 Å². The van der Waals surface area contributed by atoms with E-state index in [9.17, 15) is 22.8 Å². The maximum atomic E-state index is 11.7. The number of aromatic nitrogens is 1. The molecule has 2 heterocycles. The Morgan fingerprint density at radius 1 is 1.12 bits per heavy atom. The molecular formula is C17H15F3N4O2.